The maximum atomic E-state index is 13.5. The highest BCUT2D eigenvalue weighted by atomic mass is 16.7. The number of hydrogen-bond donors (Lipinski definition) is 0. The average molecular weight is 556 g/mol. The van der Waals surface area contributed by atoms with Gasteiger partial charge in [0, 0.05) is 6.42 Å². The molecule has 1 fully saturated rings. The number of carbonyl (C=O) groups excluding carboxylic acids is 2. The number of unbranched alkanes of at least 4 members (excludes halogenated alkanes) is 4. The summed E-state index contributed by atoms with van der Waals surface area (Å²) in [6.45, 7) is 13.6. The Balaban J connectivity index is 2.86. The van der Waals surface area contributed by atoms with E-state index in [-0.39, 0.29) is 37.7 Å². The number of rotatable bonds is 21. The summed E-state index contributed by atoms with van der Waals surface area (Å²) in [5, 5.41) is 0. The van der Waals surface area contributed by atoms with Crippen LogP contribution in [0.25, 0.3) is 0 Å². The van der Waals surface area contributed by atoms with E-state index in [1.807, 2.05) is 34.9 Å². The summed E-state index contributed by atoms with van der Waals surface area (Å²) in [5.74, 6) is -0.386. The molecule has 1 saturated heterocycles. The zero-order chi connectivity index (χ0) is 29.3. The molecule has 0 radical (unpaired) electrons. The van der Waals surface area contributed by atoms with Crippen LogP contribution in [0.15, 0.2) is 0 Å². The summed E-state index contributed by atoms with van der Waals surface area (Å²) in [7, 11) is 4.04. The van der Waals surface area contributed by atoms with Crippen molar-refractivity contribution in [2.75, 3.05) is 40.5 Å². The monoisotopic (exact) mass is 555 g/mol. The van der Waals surface area contributed by atoms with E-state index in [4.69, 9.17) is 18.9 Å². The third kappa shape index (κ3) is 14.9. The first-order valence-electron chi connectivity index (χ1n) is 15.8. The number of hydrogen-bond acceptors (Lipinski definition) is 7. The Labute approximate surface area is 240 Å². The van der Waals surface area contributed by atoms with Crippen molar-refractivity contribution in [2.24, 2.45) is 17.8 Å². The second kappa shape index (κ2) is 19.0. The molecule has 0 aromatic heterocycles. The van der Waals surface area contributed by atoms with Gasteiger partial charge in [-0.2, -0.15) is 0 Å². The maximum absolute atomic E-state index is 13.5. The second-order valence-corrected chi connectivity index (χ2v) is 12.6. The molecule has 0 amide bonds. The predicted octanol–water partition coefficient (Wildman–Crippen LogP) is 7.16. The molecular formula is C32H61NO6. The predicted molar refractivity (Wildman–Crippen MR) is 158 cm³/mol. The number of carbonyl (C=O) groups is 2. The molecule has 7 heteroatoms. The van der Waals surface area contributed by atoms with E-state index >= 15 is 0 Å². The lowest BCUT2D eigenvalue weighted by Crippen LogP contribution is -2.57. The van der Waals surface area contributed by atoms with Gasteiger partial charge in [0.15, 0.2) is 11.4 Å². The summed E-state index contributed by atoms with van der Waals surface area (Å²) < 4.78 is 23.5. The highest BCUT2D eigenvalue weighted by Crippen LogP contribution is 2.35. The van der Waals surface area contributed by atoms with Crippen molar-refractivity contribution >= 4 is 11.9 Å². The Hall–Kier alpha value is -1.18. The summed E-state index contributed by atoms with van der Waals surface area (Å²) in [6.07, 6.45) is 13.7. The average Bonchev–Trinajstić information content (AvgIpc) is 2.89. The quantitative estimate of drug-likeness (QED) is 0.110. The highest BCUT2D eigenvalue weighted by Gasteiger charge is 2.45. The van der Waals surface area contributed by atoms with Crippen LogP contribution in [0.1, 0.15) is 125 Å². The second-order valence-electron chi connectivity index (χ2n) is 12.6. The van der Waals surface area contributed by atoms with Crippen molar-refractivity contribution in [3.8, 4) is 0 Å². The van der Waals surface area contributed by atoms with E-state index in [1.165, 1.54) is 44.9 Å². The highest BCUT2D eigenvalue weighted by molar-refractivity contribution is 5.73. The largest absolute Gasteiger partial charge is 0.461 e. The Morgan fingerprint density at radius 3 is 1.90 bits per heavy atom. The van der Waals surface area contributed by atoms with Gasteiger partial charge in [0.1, 0.15) is 6.61 Å². The fourth-order valence-corrected chi connectivity index (χ4v) is 5.27. The van der Waals surface area contributed by atoms with Crippen LogP contribution in [0.2, 0.25) is 0 Å². The lowest BCUT2D eigenvalue weighted by molar-refractivity contribution is -0.310. The van der Waals surface area contributed by atoms with Gasteiger partial charge in [0.2, 0.25) is 0 Å². The molecule has 0 saturated carbocycles. The molecule has 0 aliphatic carbocycles. The van der Waals surface area contributed by atoms with Gasteiger partial charge in [-0.25, -0.2) is 0 Å². The molecule has 2 atom stereocenters. The minimum atomic E-state index is -1.12. The summed E-state index contributed by atoms with van der Waals surface area (Å²) in [4.78, 5) is 28.0. The van der Waals surface area contributed by atoms with Gasteiger partial charge in [-0.05, 0) is 65.6 Å². The molecule has 0 aromatic rings. The van der Waals surface area contributed by atoms with Crippen molar-refractivity contribution in [3.63, 3.8) is 0 Å². The first-order valence-corrected chi connectivity index (χ1v) is 15.8. The van der Waals surface area contributed by atoms with Gasteiger partial charge in [0.25, 0.3) is 0 Å². The molecular weight excluding hydrogens is 494 g/mol. The molecule has 7 nitrogen and oxygen atoms in total. The van der Waals surface area contributed by atoms with E-state index < -0.39 is 11.4 Å². The maximum Gasteiger partial charge on any atom is 0.309 e. The normalized spacial score (nSPS) is 18.2. The van der Waals surface area contributed by atoms with Crippen LogP contribution in [-0.4, -0.2) is 68.7 Å². The molecule has 1 aliphatic rings. The van der Waals surface area contributed by atoms with Crippen LogP contribution in [0.5, 0.6) is 0 Å². The van der Waals surface area contributed by atoms with Crippen LogP contribution in [0, 0.1) is 17.8 Å². The topological polar surface area (TPSA) is 74.3 Å². The first kappa shape index (κ1) is 35.8. The Morgan fingerprint density at radius 1 is 0.846 bits per heavy atom. The minimum absolute atomic E-state index is 0.0526. The molecule has 0 spiro atoms. The zero-order valence-electron chi connectivity index (χ0n) is 26.6. The SMILES string of the molecule is CCCCC(CCCC)C(CCCC)CC(C)C(=O)OC1(COC(=O)CCCCN(C)C)COC(C)(C)OC1. The van der Waals surface area contributed by atoms with Crippen LogP contribution in [-0.2, 0) is 28.5 Å². The van der Waals surface area contributed by atoms with Crippen molar-refractivity contribution in [3.05, 3.63) is 0 Å². The summed E-state index contributed by atoms with van der Waals surface area (Å²) in [5.41, 5.74) is -1.12. The number of ether oxygens (including phenoxy) is 4. The first-order chi connectivity index (χ1) is 18.5. The fraction of sp³-hybridized carbons (Fsp3) is 0.938. The van der Waals surface area contributed by atoms with Crippen molar-refractivity contribution in [1.29, 1.82) is 0 Å². The third-order valence-electron chi connectivity index (χ3n) is 7.93. The molecule has 0 aromatic carbocycles. The molecule has 0 bridgehead atoms. The van der Waals surface area contributed by atoms with Crippen molar-refractivity contribution < 1.29 is 28.5 Å². The van der Waals surface area contributed by atoms with Crippen LogP contribution < -0.4 is 0 Å². The minimum Gasteiger partial charge on any atom is -0.461 e. The van der Waals surface area contributed by atoms with E-state index in [0.29, 0.717) is 18.3 Å². The summed E-state index contributed by atoms with van der Waals surface area (Å²) in [6, 6.07) is 0. The van der Waals surface area contributed by atoms with Crippen LogP contribution in [0.3, 0.4) is 0 Å². The van der Waals surface area contributed by atoms with Gasteiger partial charge in [-0.3, -0.25) is 9.59 Å². The Morgan fingerprint density at radius 2 is 1.38 bits per heavy atom. The molecule has 0 N–H and O–H groups in total. The molecule has 1 rings (SSSR count). The molecule has 230 valence electrons. The molecule has 1 heterocycles. The van der Waals surface area contributed by atoms with Gasteiger partial charge < -0.3 is 23.8 Å². The van der Waals surface area contributed by atoms with Crippen LogP contribution >= 0.6 is 0 Å². The van der Waals surface area contributed by atoms with Gasteiger partial charge in [-0.15, -0.1) is 0 Å². The molecule has 2 unspecified atom stereocenters. The van der Waals surface area contributed by atoms with Crippen LogP contribution in [0.4, 0.5) is 0 Å². The van der Waals surface area contributed by atoms with E-state index in [9.17, 15) is 9.59 Å². The fourth-order valence-electron chi connectivity index (χ4n) is 5.27. The lowest BCUT2D eigenvalue weighted by atomic mass is 9.77. The number of esters is 2. The lowest BCUT2D eigenvalue weighted by Gasteiger charge is -2.42. The molecule has 1 aliphatic heterocycles. The van der Waals surface area contributed by atoms with Gasteiger partial charge in [0.05, 0.1) is 19.1 Å². The molecule has 39 heavy (non-hydrogen) atoms. The summed E-state index contributed by atoms with van der Waals surface area (Å²) >= 11 is 0. The smallest absolute Gasteiger partial charge is 0.309 e. The Bertz CT molecular complexity index is 662. The van der Waals surface area contributed by atoms with E-state index in [1.54, 1.807) is 0 Å². The van der Waals surface area contributed by atoms with E-state index in [0.717, 1.165) is 38.6 Å². The van der Waals surface area contributed by atoms with Crippen molar-refractivity contribution in [2.45, 2.75) is 136 Å². The Kier molecular flexibility index (Phi) is 17.5. The zero-order valence-corrected chi connectivity index (χ0v) is 26.6. The third-order valence-corrected chi connectivity index (χ3v) is 7.93. The van der Waals surface area contributed by atoms with Crippen molar-refractivity contribution in [1.82, 2.24) is 4.90 Å². The standard InChI is InChI=1S/C32H61NO6/c1-9-12-17-27(18-13-10-2)28(19-14-11-3)22-26(4)30(35)39-32(24-37-31(5,6)38-25-32)23-36-29(34)20-15-16-21-33(7)8/h26-28H,9-25H2,1-8H3. The van der Waals surface area contributed by atoms with Gasteiger partial charge >= 0.3 is 11.9 Å². The number of nitrogens with zero attached hydrogens (tertiary/aromatic N) is 1. The van der Waals surface area contributed by atoms with E-state index in [2.05, 4.69) is 25.7 Å². The van der Waals surface area contributed by atoms with Gasteiger partial charge in [-0.1, -0.05) is 85.5 Å².